The van der Waals surface area contributed by atoms with Crippen molar-refractivity contribution in [3.05, 3.63) is 0 Å². The molecule has 0 aromatic carbocycles. The summed E-state index contributed by atoms with van der Waals surface area (Å²) >= 11 is 0. The van der Waals surface area contributed by atoms with E-state index in [2.05, 4.69) is 0 Å². The minimum Gasteiger partial charge on any atom is -0.396 e. The fourth-order valence-electron chi connectivity index (χ4n) is 1.15. The molecule has 4 nitrogen and oxygen atoms in total. The van der Waals surface area contributed by atoms with Crippen LogP contribution in [0.2, 0.25) is 0 Å². The quantitative estimate of drug-likeness (QED) is 0.661. The first-order valence-electron chi connectivity index (χ1n) is 4.58. The summed E-state index contributed by atoms with van der Waals surface area (Å²) in [6, 6.07) is 0. The first kappa shape index (κ1) is 10.9. The van der Waals surface area contributed by atoms with E-state index in [-0.39, 0.29) is 12.9 Å². The van der Waals surface area contributed by atoms with E-state index in [4.69, 9.17) is 14.6 Å². The second-order valence-electron chi connectivity index (χ2n) is 4.07. The summed E-state index contributed by atoms with van der Waals surface area (Å²) in [6.07, 6.45) is -0.477. The van der Waals surface area contributed by atoms with Crippen LogP contribution in [0.15, 0.2) is 0 Å². The fourth-order valence-corrected chi connectivity index (χ4v) is 1.15. The van der Waals surface area contributed by atoms with Crippen molar-refractivity contribution in [2.75, 3.05) is 19.8 Å². The highest BCUT2D eigenvalue weighted by Gasteiger charge is 2.31. The molecule has 2 N–H and O–H groups in total. The molecule has 1 aliphatic rings. The zero-order chi connectivity index (χ0) is 9.90. The highest BCUT2D eigenvalue weighted by atomic mass is 16.7. The maximum Gasteiger partial charge on any atom is 0.160 e. The van der Waals surface area contributed by atoms with Crippen LogP contribution in [0.1, 0.15) is 20.3 Å². The molecule has 1 unspecified atom stereocenters. The van der Waals surface area contributed by atoms with Gasteiger partial charge in [-0.3, -0.25) is 0 Å². The standard InChI is InChI=1S/C9H18O4/c1-9(2,6-10)7(11)5-8-12-3-4-13-8/h7-8,10-11H,3-6H2,1-2H3. The molecule has 0 radical (unpaired) electrons. The van der Waals surface area contributed by atoms with E-state index in [1.807, 2.05) is 13.8 Å². The lowest BCUT2D eigenvalue weighted by atomic mass is 9.86. The Kier molecular flexibility index (Phi) is 3.67. The Hall–Kier alpha value is -0.160. The topological polar surface area (TPSA) is 58.9 Å². The Labute approximate surface area is 78.5 Å². The molecule has 1 atom stereocenters. The van der Waals surface area contributed by atoms with Crippen LogP contribution in [0, 0.1) is 5.41 Å². The Bertz CT molecular complexity index is 152. The van der Waals surface area contributed by atoms with Crippen molar-refractivity contribution in [1.82, 2.24) is 0 Å². The number of rotatable bonds is 4. The van der Waals surface area contributed by atoms with Gasteiger partial charge in [0.15, 0.2) is 6.29 Å². The largest absolute Gasteiger partial charge is 0.396 e. The van der Waals surface area contributed by atoms with E-state index in [1.54, 1.807) is 0 Å². The molecule has 1 saturated heterocycles. The zero-order valence-corrected chi connectivity index (χ0v) is 8.19. The summed E-state index contributed by atoms with van der Waals surface area (Å²) in [5.41, 5.74) is -0.491. The Balaban J connectivity index is 2.34. The normalized spacial score (nSPS) is 22.2. The summed E-state index contributed by atoms with van der Waals surface area (Å²) in [5, 5.41) is 18.7. The molecule has 0 saturated carbocycles. The van der Waals surface area contributed by atoms with Crippen molar-refractivity contribution in [3.8, 4) is 0 Å². The Morgan fingerprint density at radius 2 is 1.92 bits per heavy atom. The van der Waals surface area contributed by atoms with Gasteiger partial charge in [0.05, 0.1) is 25.9 Å². The molecular weight excluding hydrogens is 172 g/mol. The van der Waals surface area contributed by atoms with Gasteiger partial charge < -0.3 is 19.7 Å². The van der Waals surface area contributed by atoms with E-state index in [1.165, 1.54) is 0 Å². The SMILES string of the molecule is CC(C)(CO)C(O)CC1OCCO1. The molecule has 0 aliphatic carbocycles. The van der Waals surface area contributed by atoms with Crippen LogP contribution in [0.25, 0.3) is 0 Å². The monoisotopic (exact) mass is 190 g/mol. The number of ether oxygens (including phenoxy) is 2. The summed E-state index contributed by atoms with van der Waals surface area (Å²) in [6.45, 7) is 4.77. The van der Waals surface area contributed by atoms with Gasteiger partial charge in [-0.1, -0.05) is 13.8 Å². The molecule has 13 heavy (non-hydrogen) atoms. The summed E-state index contributed by atoms with van der Waals surface area (Å²) in [5.74, 6) is 0. The van der Waals surface area contributed by atoms with E-state index >= 15 is 0 Å². The number of aliphatic hydroxyl groups excluding tert-OH is 2. The molecule has 4 heteroatoms. The van der Waals surface area contributed by atoms with Gasteiger partial charge >= 0.3 is 0 Å². The predicted molar refractivity (Wildman–Crippen MR) is 47.2 cm³/mol. The predicted octanol–water partition coefficient (Wildman–Crippen LogP) is 0.129. The van der Waals surface area contributed by atoms with Gasteiger partial charge in [-0.05, 0) is 0 Å². The lowest BCUT2D eigenvalue weighted by Crippen LogP contribution is -2.35. The second-order valence-corrected chi connectivity index (χ2v) is 4.07. The second kappa shape index (κ2) is 4.37. The highest BCUT2D eigenvalue weighted by Crippen LogP contribution is 2.25. The molecule has 0 bridgehead atoms. The summed E-state index contributed by atoms with van der Waals surface area (Å²) in [7, 11) is 0. The van der Waals surface area contributed by atoms with Crippen LogP contribution in [0.4, 0.5) is 0 Å². The van der Waals surface area contributed by atoms with Crippen molar-refractivity contribution in [2.45, 2.75) is 32.7 Å². The van der Waals surface area contributed by atoms with Crippen molar-refractivity contribution < 1.29 is 19.7 Å². The summed E-state index contributed by atoms with van der Waals surface area (Å²) < 4.78 is 10.4. The minimum atomic E-state index is -0.597. The van der Waals surface area contributed by atoms with Gasteiger partial charge in [-0.15, -0.1) is 0 Å². The molecule has 0 aromatic heterocycles. The Morgan fingerprint density at radius 3 is 2.38 bits per heavy atom. The van der Waals surface area contributed by atoms with E-state index < -0.39 is 11.5 Å². The lowest BCUT2D eigenvalue weighted by molar-refractivity contribution is -0.0974. The molecule has 0 spiro atoms. The minimum absolute atomic E-state index is 0.0408. The van der Waals surface area contributed by atoms with Gasteiger partial charge in [-0.25, -0.2) is 0 Å². The van der Waals surface area contributed by atoms with Crippen LogP contribution in [0.3, 0.4) is 0 Å². The van der Waals surface area contributed by atoms with E-state index in [0.29, 0.717) is 19.6 Å². The highest BCUT2D eigenvalue weighted by molar-refractivity contribution is 4.78. The summed E-state index contributed by atoms with van der Waals surface area (Å²) in [4.78, 5) is 0. The maximum atomic E-state index is 9.72. The van der Waals surface area contributed by atoms with Gasteiger partial charge in [0, 0.05) is 11.8 Å². The smallest absolute Gasteiger partial charge is 0.160 e. The van der Waals surface area contributed by atoms with Crippen LogP contribution >= 0.6 is 0 Å². The van der Waals surface area contributed by atoms with Crippen molar-refractivity contribution in [2.24, 2.45) is 5.41 Å². The van der Waals surface area contributed by atoms with Gasteiger partial charge in [0.25, 0.3) is 0 Å². The molecule has 1 aliphatic heterocycles. The zero-order valence-electron chi connectivity index (χ0n) is 8.19. The third-order valence-corrected chi connectivity index (χ3v) is 2.42. The van der Waals surface area contributed by atoms with Crippen LogP contribution in [-0.4, -0.2) is 42.4 Å². The van der Waals surface area contributed by atoms with E-state index in [9.17, 15) is 5.11 Å². The van der Waals surface area contributed by atoms with Gasteiger partial charge in [0.2, 0.25) is 0 Å². The molecular formula is C9H18O4. The number of aliphatic hydroxyl groups is 2. The maximum absolute atomic E-state index is 9.72. The van der Waals surface area contributed by atoms with E-state index in [0.717, 1.165) is 0 Å². The van der Waals surface area contributed by atoms with Gasteiger partial charge in [0.1, 0.15) is 0 Å². The third-order valence-electron chi connectivity index (χ3n) is 2.42. The molecule has 1 rings (SSSR count). The Morgan fingerprint density at radius 1 is 1.38 bits per heavy atom. The molecule has 78 valence electrons. The molecule has 0 amide bonds. The number of hydrogen-bond donors (Lipinski definition) is 2. The third kappa shape index (κ3) is 2.91. The first-order chi connectivity index (χ1) is 6.06. The molecule has 1 fully saturated rings. The van der Waals surface area contributed by atoms with Crippen molar-refractivity contribution in [1.29, 1.82) is 0 Å². The van der Waals surface area contributed by atoms with Crippen LogP contribution in [0.5, 0.6) is 0 Å². The average Bonchev–Trinajstić information content (AvgIpc) is 2.57. The van der Waals surface area contributed by atoms with Crippen molar-refractivity contribution >= 4 is 0 Å². The van der Waals surface area contributed by atoms with Crippen LogP contribution in [-0.2, 0) is 9.47 Å². The average molecular weight is 190 g/mol. The number of hydrogen-bond acceptors (Lipinski definition) is 4. The lowest BCUT2D eigenvalue weighted by Gasteiger charge is -2.29. The van der Waals surface area contributed by atoms with Crippen LogP contribution < -0.4 is 0 Å². The van der Waals surface area contributed by atoms with Gasteiger partial charge in [-0.2, -0.15) is 0 Å². The first-order valence-corrected chi connectivity index (χ1v) is 4.58. The van der Waals surface area contributed by atoms with Crippen molar-refractivity contribution in [3.63, 3.8) is 0 Å². The molecule has 1 heterocycles. The molecule has 0 aromatic rings. The fraction of sp³-hybridized carbons (Fsp3) is 1.00.